The van der Waals surface area contributed by atoms with Gasteiger partial charge in [-0.25, -0.2) is 4.79 Å². The Labute approximate surface area is 93.6 Å². The maximum atomic E-state index is 11.2. The minimum Gasteiger partial charge on any atom is -0.417 e. The second-order valence-electron chi connectivity index (χ2n) is 3.41. The molecule has 0 aliphatic heterocycles. The van der Waals surface area contributed by atoms with Gasteiger partial charge in [-0.05, 0) is 31.2 Å². The Balaban J connectivity index is 2.32. The molecule has 0 N–H and O–H groups in total. The molecule has 16 heavy (non-hydrogen) atoms. The van der Waals surface area contributed by atoms with Gasteiger partial charge in [-0.3, -0.25) is 0 Å². The molecule has 0 bridgehead atoms. The third kappa shape index (κ3) is 1.91. The largest absolute Gasteiger partial charge is 0.417 e. The van der Waals surface area contributed by atoms with Crippen molar-refractivity contribution in [2.75, 3.05) is 0 Å². The quantitative estimate of drug-likeness (QED) is 0.314. The van der Waals surface area contributed by atoms with Crippen molar-refractivity contribution in [3.63, 3.8) is 0 Å². The molecule has 3 heteroatoms. The van der Waals surface area contributed by atoms with Crippen molar-refractivity contribution in [3.8, 4) is 17.6 Å². The minimum absolute atomic E-state index is 0.520. The van der Waals surface area contributed by atoms with Crippen LogP contribution >= 0.6 is 0 Å². The third-order valence-electron chi connectivity index (χ3n) is 2.29. The SMILES string of the molecule is CC#CC(=O)Oc1ccc2c(ccn2C)c1. The van der Waals surface area contributed by atoms with E-state index in [1.165, 1.54) is 0 Å². The summed E-state index contributed by atoms with van der Waals surface area (Å²) in [5.74, 6) is 4.82. The molecule has 0 atom stereocenters. The van der Waals surface area contributed by atoms with Crippen molar-refractivity contribution in [3.05, 3.63) is 30.5 Å². The summed E-state index contributed by atoms with van der Waals surface area (Å²) in [7, 11) is 1.97. The standard InChI is InChI=1S/C13H11NO2/c1-3-4-13(15)16-11-5-6-12-10(9-11)7-8-14(12)2/h5-9H,1-2H3. The number of aromatic nitrogens is 1. The molecule has 0 saturated heterocycles. The van der Waals surface area contributed by atoms with Crippen LogP contribution in [0.5, 0.6) is 5.75 Å². The number of hydrogen-bond acceptors (Lipinski definition) is 2. The number of benzene rings is 1. The molecular weight excluding hydrogens is 202 g/mol. The highest BCUT2D eigenvalue weighted by molar-refractivity contribution is 5.91. The van der Waals surface area contributed by atoms with E-state index >= 15 is 0 Å². The average Bonchev–Trinajstić information content (AvgIpc) is 2.60. The van der Waals surface area contributed by atoms with Gasteiger partial charge >= 0.3 is 5.97 Å². The van der Waals surface area contributed by atoms with E-state index in [-0.39, 0.29) is 0 Å². The fraction of sp³-hybridized carbons (Fsp3) is 0.154. The molecule has 2 rings (SSSR count). The van der Waals surface area contributed by atoms with E-state index in [9.17, 15) is 4.79 Å². The zero-order chi connectivity index (χ0) is 11.5. The molecule has 0 aliphatic rings. The molecule has 80 valence electrons. The Morgan fingerprint density at radius 3 is 2.94 bits per heavy atom. The molecule has 0 amide bonds. The molecule has 0 aliphatic carbocycles. The fourth-order valence-electron chi connectivity index (χ4n) is 1.56. The van der Waals surface area contributed by atoms with Gasteiger partial charge < -0.3 is 9.30 Å². The molecule has 1 aromatic carbocycles. The van der Waals surface area contributed by atoms with Crippen LogP contribution in [-0.4, -0.2) is 10.5 Å². The molecule has 1 heterocycles. The van der Waals surface area contributed by atoms with E-state index in [4.69, 9.17) is 4.74 Å². The predicted molar refractivity (Wildman–Crippen MR) is 62.0 cm³/mol. The van der Waals surface area contributed by atoms with Crippen molar-refractivity contribution >= 4 is 16.9 Å². The van der Waals surface area contributed by atoms with E-state index in [1.807, 2.05) is 36.0 Å². The lowest BCUT2D eigenvalue weighted by Crippen LogP contribution is -2.03. The topological polar surface area (TPSA) is 31.2 Å². The van der Waals surface area contributed by atoms with Gasteiger partial charge in [0, 0.05) is 30.1 Å². The molecular formula is C13H11NO2. The maximum absolute atomic E-state index is 11.2. The summed E-state index contributed by atoms with van der Waals surface area (Å²) in [5.41, 5.74) is 1.10. The van der Waals surface area contributed by atoms with Crippen LogP contribution in [0.15, 0.2) is 30.5 Å². The summed E-state index contributed by atoms with van der Waals surface area (Å²) in [6.07, 6.45) is 1.96. The predicted octanol–water partition coefficient (Wildman–Crippen LogP) is 2.11. The Morgan fingerprint density at radius 1 is 1.38 bits per heavy atom. The molecule has 1 aromatic heterocycles. The monoisotopic (exact) mass is 213 g/mol. The first-order chi connectivity index (χ1) is 7.70. The number of fused-ring (bicyclic) bond motifs is 1. The smallest absolute Gasteiger partial charge is 0.389 e. The van der Waals surface area contributed by atoms with Gasteiger partial charge in [0.1, 0.15) is 5.75 Å². The number of nitrogens with zero attached hydrogens (tertiary/aromatic N) is 1. The summed E-state index contributed by atoms with van der Waals surface area (Å²) in [4.78, 5) is 11.2. The minimum atomic E-state index is -0.530. The number of aryl methyl sites for hydroxylation is 1. The summed E-state index contributed by atoms with van der Waals surface area (Å²) < 4.78 is 7.06. The number of ether oxygens (including phenoxy) is 1. The molecule has 3 nitrogen and oxygen atoms in total. The van der Waals surface area contributed by atoms with Gasteiger partial charge in [0.2, 0.25) is 0 Å². The summed E-state index contributed by atoms with van der Waals surface area (Å²) >= 11 is 0. The highest BCUT2D eigenvalue weighted by Gasteiger charge is 2.03. The Kier molecular flexibility index (Phi) is 2.65. The first-order valence-corrected chi connectivity index (χ1v) is 4.90. The molecule has 2 aromatic rings. The lowest BCUT2D eigenvalue weighted by Gasteiger charge is -2.01. The summed E-state index contributed by atoms with van der Waals surface area (Å²) in [6.45, 7) is 1.60. The zero-order valence-corrected chi connectivity index (χ0v) is 9.15. The van der Waals surface area contributed by atoms with E-state index in [0.29, 0.717) is 5.75 Å². The van der Waals surface area contributed by atoms with Gasteiger partial charge in [-0.15, -0.1) is 0 Å². The molecule has 0 fully saturated rings. The van der Waals surface area contributed by atoms with Crippen LogP contribution in [0.2, 0.25) is 0 Å². The van der Waals surface area contributed by atoms with Gasteiger partial charge in [0.05, 0.1) is 0 Å². The highest BCUT2D eigenvalue weighted by Crippen LogP contribution is 2.21. The van der Waals surface area contributed by atoms with Crippen molar-refractivity contribution in [2.45, 2.75) is 6.92 Å². The van der Waals surface area contributed by atoms with Gasteiger partial charge in [0.25, 0.3) is 0 Å². The maximum Gasteiger partial charge on any atom is 0.389 e. The second-order valence-corrected chi connectivity index (χ2v) is 3.41. The molecule has 0 radical (unpaired) electrons. The normalized spacial score (nSPS) is 9.62. The summed E-state index contributed by atoms with van der Waals surface area (Å²) in [6, 6.07) is 7.47. The van der Waals surface area contributed by atoms with Crippen LogP contribution in [0.3, 0.4) is 0 Å². The van der Waals surface area contributed by atoms with Crippen LogP contribution in [0.25, 0.3) is 10.9 Å². The van der Waals surface area contributed by atoms with Gasteiger partial charge in [-0.1, -0.05) is 5.92 Å². The van der Waals surface area contributed by atoms with Crippen molar-refractivity contribution in [1.29, 1.82) is 0 Å². The Bertz CT molecular complexity index is 599. The first-order valence-electron chi connectivity index (χ1n) is 4.90. The molecule has 0 unspecified atom stereocenters. The average molecular weight is 213 g/mol. The van der Waals surface area contributed by atoms with Gasteiger partial charge in [0.15, 0.2) is 0 Å². The number of carbonyl (C=O) groups is 1. The summed E-state index contributed by atoms with van der Waals surface area (Å²) in [5, 5.41) is 1.04. The van der Waals surface area contributed by atoms with Crippen LogP contribution in [0.1, 0.15) is 6.92 Å². The number of hydrogen-bond donors (Lipinski definition) is 0. The Hall–Kier alpha value is -2.21. The second kappa shape index (κ2) is 4.11. The van der Waals surface area contributed by atoms with Crippen molar-refractivity contribution < 1.29 is 9.53 Å². The number of carbonyl (C=O) groups excluding carboxylic acids is 1. The fourth-order valence-corrected chi connectivity index (χ4v) is 1.56. The van der Waals surface area contributed by atoms with Crippen LogP contribution in [-0.2, 0) is 11.8 Å². The van der Waals surface area contributed by atoms with Gasteiger partial charge in [-0.2, -0.15) is 0 Å². The first kappa shape index (κ1) is 10.3. The van der Waals surface area contributed by atoms with Crippen LogP contribution in [0.4, 0.5) is 0 Å². The number of esters is 1. The highest BCUT2D eigenvalue weighted by atomic mass is 16.5. The lowest BCUT2D eigenvalue weighted by molar-refractivity contribution is -0.128. The van der Waals surface area contributed by atoms with E-state index in [1.54, 1.807) is 13.0 Å². The van der Waals surface area contributed by atoms with Crippen LogP contribution < -0.4 is 4.74 Å². The third-order valence-corrected chi connectivity index (χ3v) is 2.29. The molecule has 0 saturated carbocycles. The molecule has 0 spiro atoms. The zero-order valence-electron chi connectivity index (χ0n) is 9.15. The lowest BCUT2D eigenvalue weighted by atomic mass is 10.2. The Morgan fingerprint density at radius 2 is 2.19 bits per heavy atom. The van der Waals surface area contributed by atoms with E-state index < -0.39 is 5.97 Å². The van der Waals surface area contributed by atoms with E-state index in [2.05, 4.69) is 11.8 Å². The van der Waals surface area contributed by atoms with Crippen LogP contribution in [0, 0.1) is 11.8 Å². The van der Waals surface area contributed by atoms with Crippen molar-refractivity contribution in [1.82, 2.24) is 4.57 Å². The van der Waals surface area contributed by atoms with Crippen molar-refractivity contribution in [2.24, 2.45) is 7.05 Å². The van der Waals surface area contributed by atoms with E-state index in [0.717, 1.165) is 10.9 Å². The number of rotatable bonds is 1.